The fourth-order valence-electron chi connectivity index (χ4n) is 2.08. The van der Waals surface area contributed by atoms with Gasteiger partial charge in [0.25, 0.3) is 6.01 Å². The lowest BCUT2D eigenvalue weighted by atomic mass is 9.99. The van der Waals surface area contributed by atoms with E-state index in [4.69, 9.17) is 10.5 Å². The van der Waals surface area contributed by atoms with Crippen molar-refractivity contribution < 1.29 is 9.13 Å². The lowest BCUT2D eigenvalue weighted by Gasteiger charge is -2.16. The third-order valence-corrected chi connectivity index (χ3v) is 2.91. The van der Waals surface area contributed by atoms with E-state index in [1.54, 1.807) is 12.3 Å². The quantitative estimate of drug-likeness (QED) is 0.786. The minimum atomic E-state index is -0.0660. The molecular formula is C11H12FN3O. The van der Waals surface area contributed by atoms with Crippen molar-refractivity contribution in [2.24, 2.45) is 0 Å². The minimum absolute atomic E-state index is 0.0209. The number of nitrogen functional groups attached to an aromatic ring is 1. The number of nitrogens with two attached hydrogens (primary N) is 1. The minimum Gasteiger partial charge on any atom is -0.455 e. The number of rotatable bonds is 1. The molecule has 1 aromatic rings. The number of hydrogen-bond donors (Lipinski definition) is 1. The van der Waals surface area contributed by atoms with Crippen LogP contribution >= 0.6 is 0 Å². The Morgan fingerprint density at radius 3 is 3.00 bits per heavy atom. The summed E-state index contributed by atoms with van der Waals surface area (Å²) in [7, 11) is 0. The van der Waals surface area contributed by atoms with Gasteiger partial charge in [0, 0.05) is 6.42 Å². The summed E-state index contributed by atoms with van der Waals surface area (Å²) in [5, 5.41) is 0. The Morgan fingerprint density at radius 2 is 2.31 bits per heavy atom. The Labute approximate surface area is 92.2 Å². The number of halogens is 1. The highest BCUT2D eigenvalue weighted by atomic mass is 19.1. The maximum atomic E-state index is 12.8. The summed E-state index contributed by atoms with van der Waals surface area (Å²) < 4.78 is 20.4. The van der Waals surface area contributed by atoms with Crippen molar-refractivity contribution in [3.8, 4) is 6.01 Å². The van der Waals surface area contributed by atoms with E-state index < -0.39 is 0 Å². The zero-order chi connectivity index (χ0) is 11.1. The number of ether oxygens (including phenoxy) is 1. The molecule has 1 aliphatic carbocycles. The van der Waals surface area contributed by atoms with E-state index in [2.05, 4.69) is 4.98 Å². The van der Waals surface area contributed by atoms with E-state index in [0.29, 0.717) is 31.2 Å². The first-order chi connectivity index (χ1) is 7.72. The smallest absolute Gasteiger partial charge is 0.299 e. The Balaban J connectivity index is 1.79. The molecule has 1 unspecified atom stereocenters. The van der Waals surface area contributed by atoms with E-state index in [1.165, 1.54) is 6.08 Å². The third kappa shape index (κ3) is 1.48. The Hall–Kier alpha value is -1.78. The molecular weight excluding hydrogens is 209 g/mol. The van der Waals surface area contributed by atoms with Gasteiger partial charge >= 0.3 is 0 Å². The van der Waals surface area contributed by atoms with Crippen LogP contribution in [0.25, 0.3) is 0 Å². The molecule has 2 heterocycles. The van der Waals surface area contributed by atoms with Gasteiger partial charge in [-0.25, -0.2) is 4.39 Å². The van der Waals surface area contributed by atoms with Gasteiger partial charge in [-0.1, -0.05) is 6.08 Å². The first kappa shape index (κ1) is 9.45. The molecule has 4 nitrogen and oxygen atoms in total. The molecule has 2 aliphatic rings. The highest BCUT2D eigenvalue weighted by Crippen LogP contribution is 2.30. The number of aromatic nitrogens is 2. The molecule has 5 heteroatoms. The maximum Gasteiger partial charge on any atom is 0.299 e. The van der Waals surface area contributed by atoms with Crippen LogP contribution in [0.4, 0.5) is 10.2 Å². The van der Waals surface area contributed by atoms with Crippen molar-refractivity contribution in [2.75, 3.05) is 5.73 Å². The summed E-state index contributed by atoms with van der Waals surface area (Å²) >= 11 is 0. The van der Waals surface area contributed by atoms with Crippen LogP contribution in [0.3, 0.4) is 0 Å². The molecule has 0 saturated heterocycles. The van der Waals surface area contributed by atoms with Gasteiger partial charge in [0.1, 0.15) is 17.7 Å². The fourth-order valence-corrected chi connectivity index (χ4v) is 2.08. The standard InChI is InChI=1S/C11H12FN3O/c12-8-3-1-7(2-4-8)9-5-15-6-10(13)14-11(15)16-9/h1,3,6,9H,2,4-5,13H2. The average Bonchev–Trinajstić information content (AvgIpc) is 2.75. The Bertz CT molecular complexity index is 466. The van der Waals surface area contributed by atoms with Crippen molar-refractivity contribution in [1.82, 2.24) is 9.55 Å². The SMILES string of the molecule is Nc1cn2c(n1)OC(C1=CC=C(F)CC1)C2. The van der Waals surface area contributed by atoms with E-state index >= 15 is 0 Å². The summed E-state index contributed by atoms with van der Waals surface area (Å²) in [5.74, 6) is 0.403. The van der Waals surface area contributed by atoms with E-state index in [1.807, 2.05) is 4.57 Å². The normalized spacial score (nSPS) is 23.4. The van der Waals surface area contributed by atoms with Gasteiger partial charge in [-0.2, -0.15) is 4.98 Å². The molecule has 0 saturated carbocycles. The first-order valence-corrected chi connectivity index (χ1v) is 5.27. The van der Waals surface area contributed by atoms with Gasteiger partial charge < -0.3 is 10.5 Å². The summed E-state index contributed by atoms with van der Waals surface area (Å²) in [4.78, 5) is 4.05. The van der Waals surface area contributed by atoms with Crippen molar-refractivity contribution >= 4 is 5.82 Å². The molecule has 0 aromatic carbocycles. The van der Waals surface area contributed by atoms with Crippen LogP contribution in [0.5, 0.6) is 6.01 Å². The number of allylic oxidation sites excluding steroid dienone is 3. The molecule has 0 spiro atoms. The van der Waals surface area contributed by atoms with Gasteiger partial charge in [-0.05, 0) is 18.1 Å². The molecule has 0 fully saturated rings. The van der Waals surface area contributed by atoms with Crippen LogP contribution in [0.2, 0.25) is 0 Å². The van der Waals surface area contributed by atoms with Crippen molar-refractivity contribution in [3.05, 3.63) is 29.7 Å². The van der Waals surface area contributed by atoms with E-state index in [0.717, 1.165) is 5.57 Å². The van der Waals surface area contributed by atoms with Crippen LogP contribution in [0, 0.1) is 0 Å². The lowest BCUT2D eigenvalue weighted by Crippen LogP contribution is -2.18. The topological polar surface area (TPSA) is 53.1 Å². The van der Waals surface area contributed by atoms with Gasteiger partial charge in [-0.3, -0.25) is 4.57 Å². The van der Waals surface area contributed by atoms with Crippen LogP contribution in [-0.4, -0.2) is 15.7 Å². The second-order valence-electron chi connectivity index (χ2n) is 4.06. The highest BCUT2D eigenvalue weighted by molar-refractivity contribution is 5.32. The summed E-state index contributed by atoms with van der Waals surface area (Å²) in [6.45, 7) is 0.709. The average molecular weight is 221 g/mol. The van der Waals surface area contributed by atoms with E-state index in [-0.39, 0.29) is 11.9 Å². The Kier molecular flexibility index (Phi) is 1.99. The summed E-state index contributed by atoms with van der Waals surface area (Å²) in [6, 6.07) is 0.554. The second-order valence-corrected chi connectivity index (χ2v) is 4.06. The fraction of sp³-hybridized carbons (Fsp3) is 0.364. The predicted octanol–water partition coefficient (Wildman–Crippen LogP) is 1.80. The monoisotopic (exact) mass is 221 g/mol. The molecule has 0 radical (unpaired) electrons. The second kappa shape index (κ2) is 3.37. The number of anilines is 1. The molecule has 3 rings (SSSR count). The van der Waals surface area contributed by atoms with Gasteiger partial charge in [0.15, 0.2) is 0 Å². The number of nitrogens with zero attached hydrogens (tertiary/aromatic N) is 2. The van der Waals surface area contributed by atoms with Gasteiger partial charge in [0.2, 0.25) is 0 Å². The third-order valence-electron chi connectivity index (χ3n) is 2.91. The number of fused-ring (bicyclic) bond motifs is 1. The van der Waals surface area contributed by atoms with Crippen LogP contribution in [-0.2, 0) is 6.54 Å². The van der Waals surface area contributed by atoms with Gasteiger partial charge in [-0.15, -0.1) is 0 Å². The first-order valence-electron chi connectivity index (χ1n) is 5.27. The Morgan fingerprint density at radius 1 is 1.44 bits per heavy atom. The molecule has 1 aromatic heterocycles. The molecule has 16 heavy (non-hydrogen) atoms. The van der Waals surface area contributed by atoms with Crippen LogP contribution < -0.4 is 10.5 Å². The number of imidazole rings is 1. The molecule has 1 aliphatic heterocycles. The molecule has 84 valence electrons. The van der Waals surface area contributed by atoms with Gasteiger partial charge in [0.05, 0.1) is 12.7 Å². The van der Waals surface area contributed by atoms with Crippen LogP contribution in [0.1, 0.15) is 12.8 Å². The molecule has 0 bridgehead atoms. The predicted molar refractivity (Wildman–Crippen MR) is 57.6 cm³/mol. The van der Waals surface area contributed by atoms with Crippen molar-refractivity contribution in [1.29, 1.82) is 0 Å². The highest BCUT2D eigenvalue weighted by Gasteiger charge is 2.28. The molecule has 0 amide bonds. The molecule has 2 N–H and O–H groups in total. The van der Waals surface area contributed by atoms with Crippen LogP contribution in [0.15, 0.2) is 29.7 Å². The van der Waals surface area contributed by atoms with E-state index in [9.17, 15) is 4.39 Å². The summed E-state index contributed by atoms with van der Waals surface area (Å²) in [6.07, 6.45) is 6.24. The zero-order valence-corrected chi connectivity index (χ0v) is 8.69. The number of hydrogen-bond acceptors (Lipinski definition) is 3. The lowest BCUT2D eigenvalue weighted by molar-refractivity contribution is 0.255. The maximum absolute atomic E-state index is 12.8. The van der Waals surface area contributed by atoms with Crippen molar-refractivity contribution in [2.45, 2.75) is 25.5 Å². The summed E-state index contributed by atoms with van der Waals surface area (Å²) in [5.41, 5.74) is 6.66. The molecule has 1 atom stereocenters. The largest absolute Gasteiger partial charge is 0.455 e. The van der Waals surface area contributed by atoms with Crippen molar-refractivity contribution in [3.63, 3.8) is 0 Å². The zero-order valence-electron chi connectivity index (χ0n) is 8.69.